The van der Waals surface area contributed by atoms with Gasteiger partial charge in [0.2, 0.25) is 0 Å². The summed E-state index contributed by atoms with van der Waals surface area (Å²) in [5.74, 6) is 0. The second-order valence-electron chi connectivity index (χ2n) is 4.14. The van der Waals surface area contributed by atoms with E-state index in [1.54, 1.807) is 27.7 Å². The quantitative estimate of drug-likeness (QED) is 0.745. The number of carbonyl (C=O) groups excluding carboxylic acids is 2. The molecule has 2 amide bonds. The van der Waals surface area contributed by atoms with Crippen molar-refractivity contribution < 1.29 is 19.1 Å². The molecule has 1 aliphatic heterocycles. The second kappa shape index (κ2) is 8.08. The third-order valence-electron chi connectivity index (χ3n) is 2.59. The lowest BCUT2D eigenvalue weighted by molar-refractivity contribution is 0.162. The van der Waals surface area contributed by atoms with Crippen LogP contribution in [0.4, 0.5) is 9.59 Å². The van der Waals surface area contributed by atoms with E-state index in [1.807, 2.05) is 6.08 Å². The monoisotopic (exact) mass is 293 g/mol. The zero-order valence-corrected chi connectivity index (χ0v) is 12.7. The molecule has 21 heavy (non-hydrogen) atoms. The number of rotatable bonds is 4. The molecule has 1 aliphatic rings. The number of aliphatic imine (C=N–C) groups is 3. The van der Waals surface area contributed by atoms with E-state index < -0.39 is 12.2 Å². The number of hydrogen-bond donors (Lipinski definition) is 0. The fourth-order valence-corrected chi connectivity index (χ4v) is 1.59. The standard InChI is InChI=1S/C14H19N3O4/c1-5-20-13(18)15-9(3)11-7-8-12(17-11)10(4)16-14(19)21-6-2/h7H,5-6,8H2,1-4H3/b15-9+,16-10+. The molecule has 0 saturated heterocycles. The highest BCUT2D eigenvalue weighted by Crippen LogP contribution is 2.14. The van der Waals surface area contributed by atoms with E-state index in [1.165, 1.54) is 0 Å². The summed E-state index contributed by atoms with van der Waals surface area (Å²) in [5.41, 5.74) is 2.18. The first-order valence-electron chi connectivity index (χ1n) is 6.70. The SMILES string of the molecule is CCOC(=O)/N=C(\C)C1=CCC(/C(C)=N/C(=O)OCC)=N1. The van der Waals surface area contributed by atoms with E-state index in [-0.39, 0.29) is 13.2 Å². The molecule has 0 aliphatic carbocycles. The predicted molar refractivity (Wildman–Crippen MR) is 80.4 cm³/mol. The highest BCUT2D eigenvalue weighted by molar-refractivity contribution is 6.44. The van der Waals surface area contributed by atoms with Crippen LogP contribution in [-0.2, 0) is 9.47 Å². The Hall–Kier alpha value is -2.31. The van der Waals surface area contributed by atoms with Crippen LogP contribution in [0.3, 0.4) is 0 Å². The molecule has 1 heterocycles. The highest BCUT2D eigenvalue weighted by atomic mass is 16.5. The third kappa shape index (κ3) is 5.29. The Morgan fingerprint density at radius 2 is 1.62 bits per heavy atom. The first-order valence-corrected chi connectivity index (χ1v) is 6.70. The summed E-state index contributed by atoms with van der Waals surface area (Å²) in [4.78, 5) is 34.4. The van der Waals surface area contributed by atoms with Gasteiger partial charge < -0.3 is 9.47 Å². The van der Waals surface area contributed by atoms with Gasteiger partial charge in [0.15, 0.2) is 0 Å². The number of nitrogens with zero attached hydrogens (tertiary/aromatic N) is 3. The summed E-state index contributed by atoms with van der Waals surface area (Å²) < 4.78 is 9.48. The van der Waals surface area contributed by atoms with Gasteiger partial charge in [0.25, 0.3) is 0 Å². The van der Waals surface area contributed by atoms with Gasteiger partial charge in [0, 0.05) is 6.42 Å². The molecule has 0 unspecified atom stereocenters. The summed E-state index contributed by atoms with van der Waals surface area (Å²) in [7, 11) is 0. The van der Waals surface area contributed by atoms with Crippen molar-refractivity contribution in [3.63, 3.8) is 0 Å². The summed E-state index contributed by atoms with van der Waals surface area (Å²) in [6, 6.07) is 0. The molecule has 1 rings (SSSR count). The van der Waals surface area contributed by atoms with Crippen LogP contribution in [0.25, 0.3) is 0 Å². The minimum Gasteiger partial charge on any atom is -0.448 e. The fourth-order valence-electron chi connectivity index (χ4n) is 1.59. The molecule has 0 aromatic carbocycles. The van der Waals surface area contributed by atoms with E-state index in [4.69, 9.17) is 9.47 Å². The molecule has 0 spiro atoms. The molecule has 0 saturated carbocycles. The number of allylic oxidation sites excluding steroid dienone is 2. The molecule has 0 aromatic heterocycles. The van der Waals surface area contributed by atoms with Crippen molar-refractivity contribution in [2.75, 3.05) is 13.2 Å². The Balaban J connectivity index is 2.77. The van der Waals surface area contributed by atoms with Gasteiger partial charge in [-0.1, -0.05) is 6.08 Å². The van der Waals surface area contributed by atoms with Crippen LogP contribution < -0.4 is 0 Å². The van der Waals surface area contributed by atoms with Crippen LogP contribution in [0.2, 0.25) is 0 Å². The number of hydrogen-bond acceptors (Lipinski definition) is 5. The van der Waals surface area contributed by atoms with Crippen LogP contribution >= 0.6 is 0 Å². The second-order valence-corrected chi connectivity index (χ2v) is 4.14. The lowest BCUT2D eigenvalue weighted by Crippen LogP contribution is -2.11. The average molecular weight is 293 g/mol. The fraction of sp³-hybridized carbons (Fsp3) is 0.500. The van der Waals surface area contributed by atoms with Crippen molar-refractivity contribution in [2.45, 2.75) is 34.1 Å². The molecule has 0 atom stereocenters. The Morgan fingerprint density at radius 3 is 2.14 bits per heavy atom. The molecular weight excluding hydrogens is 274 g/mol. The zero-order chi connectivity index (χ0) is 15.8. The van der Waals surface area contributed by atoms with Gasteiger partial charge in [-0.25, -0.2) is 14.6 Å². The topological polar surface area (TPSA) is 89.7 Å². The predicted octanol–water partition coefficient (Wildman–Crippen LogP) is 2.95. The van der Waals surface area contributed by atoms with Gasteiger partial charge in [0.05, 0.1) is 36.0 Å². The highest BCUT2D eigenvalue weighted by Gasteiger charge is 2.15. The van der Waals surface area contributed by atoms with Crippen LogP contribution in [-0.4, -0.2) is 42.5 Å². The molecule has 0 bridgehead atoms. The van der Waals surface area contributed by atoms with Gasteiger partial charge in [-0.15, -0.1) is 0 Å². The average Bonchev–Trinajstić information content (AvgIpc) is 2.88. The van der Waals surface area contributed by atoms with Gasteiger partial charge in [0.1, 0.15) is 0 Å². The maximum absolute atomic E-state index is 11.3. The molecular formula is C14H19N3O4. The van der Waals surface area contributed by atoms with Crippen molar-refractivity contribution in [1.29, 1.82) is 0 Å². The van der Waals surface area contributed by atoms with Crippen LogP contribution in [0.1, 0.15) is 34.1 Å². The van der Waals surface area contributed by atoms with Crippen molar-refractivity contribution in [3.8, 4) is 0 Å². The molecule has 0 aromatic rings. The Morgan fingerprint density at radius 1 is 1.10 bits per heavy atom. The minimum atomic E-state index is -0.642. The maximum Gasteiger partial charge on any atom is 0.433 e. The van der Waals surface area contributed by atoms with Crippen molar-refractivity contribution in [1.82, 2.24) is 0 Å². The number of amides is 2. The molecule has 0 fully saturated rings. The molecule has 7 nitrogen and oxygen atoms in total. The van der Waals surface area contributed by atoms with E-state index in [0.29, 0.717) is 29.3 Å². The maximum atomic E-state index is 11.3. The first kappa shape index (κ1) is 16.7. The lowest BCUT2D eigenvalue weighted by Gasteiger charge is -2.00. The first-order chi connectivity index (χ1) is 9.97. The van der Waals surface area contributed by atoms with Gasteiger partial charge >= 0.3 is 12.2 Å². The van der Waals surface area contributed by atoms with E-state index >= 15 is 0 Å². The van der Waals surface area contributed by atoms with Crippen molar-refractivity contribution >= 4 is 29.3 Å². The smallest absolute Gasteiger partial charge is 0.433 e. The number of ether oxygens (including phenoxy) is 2. The van der Waals surface area contributed by atoms with Gasteiger partial charge in [-0.2, -0.15) is 9.98 Å². The van der Waals surface area contributed by atoms with Crippen molar-refractivity contribution in [3.05, 3.63) is 11.8 Å². The lowest BCUT2D eigenvalue weighted by atomic mass is 10.2. The minimum absolute atomic E-state index is 0.272. The van der Waals surface area contributed by atoms with E-state index in [0.717, 1.165) is 0 Å². The van der Waals surface area contributed by atoms with Crippen molar-refractivity contribution in [2.24, 2.45) is 15.0 Å². The van der Waals surface area contributed by atoms with Gasteiger partial charge in [-0.05, 0) is 27.7 Å². The Kier molecular flexibility index (Phi) is 6.45. The largest absolute Gasteiger partial charge is 0.448 e. The molecule has 7 heteroatoms. The van der Waals surface area contributed by atoms with Crippen LogP contribution in [0.5, 0.6) is 0 Å². The van der Waals surface area contributed by atoms with Crippen LogP contribution in [0, 0.1) is 0 Å². The summed E-state index contributed by atoms with van der Waals surface area (Å²) >= 11 is 0. The summed E-state index contributed by atoms with van der Waals surface area (Å²) in [5, 5.41) is 0. The molecule has 114 valence electrons. The van der Waals surface area contributed by atoms with Crippen LogP contribution in [0.15, 0.2) is 26.8 Å². The molecule has 0 radical (unpaired) electrons. The summed E-state index contributed by atoms with van der Waals surface area (Å²) in [6.45, 7) is 7.33. The summed E-state index contributed by atoms with van der Waals surface area (Å²) in [6.07, 6.45) is 1.07. The van der Waals surface area contributed by atoms with Gasteiger partial charge in [-0.3, -0.25) is 0 Å². The normalized spacial score (nSPS) is 15.4. The third-order valence-corrected chi connectivity index (χ3v) is 2.59. The van der Waals surface area contributed by atoms with E-state index in [9.17, 15) is 9.59 Å². The zero-order valence-electron chi connectivity index (χ0n) is 12.7. The Bertz CT molecular complexity index is 544. The molecule has 0 N–H and O–H groups in total. The van der Waals surface area contributed by atoms with E-state index in [2.05, 4.69) is 15.0 Å². The number of carbonyl (C=O) groups is 2. The Labute approximate surface area is 123 Å².